The van der Waals surface area contributed by atoms with Crippen LogP contribution in [0.5, 0.6) is 0 Å². The summed E-state index contributed by atoms with van der Waals surface area (Å²) in [4.78, 5) is 14.2. The van der Waals surface area contributed by atoms with Gasteiger partial charge in [0.1, 0.15) is 0 Å². The highest BCUT2D eigenvalue weighted by molar-refractivity contribution is 5.69. The molecule has 1 atom stereocenters. The summed E-state index contributed by atoms with van der Waals surface area (Å²) in [6.07, 6.45) is 5.07. The van der Waals surface area contributed by atoms with Crippen LogP contribution >= 0.6 is 0 Å². The molecule has 206 valence electrons. The second-order valence-electron chi connectivity index (χ2n) is 10.2. The molecule has 0 saturated carbocycles. The molecule has 1 N–H and O–H groups in total. The van der Waals surface area contributed by atoms with E-state index < -0.39 is 11.6 Å². The Bertz CT molecular complexity index is 1300. The zero-order valence-corrected chi connectivity index (χ0v) is 23.0. The first-order valence-corrected chi connectivity index (χ1v) is 14.1. The largest absolute Gasteiger partial charge is 0.466 e. The molecule has 1 aliphatic rings. The monoisotopic (exact) mass is 535 g/mol. The van der Waals surface area contributed by atoms with Crippen LogP contribution in [0.15, 0.2) is 109 Å². The Hall–Kier alpha value is -4.00. The molecule has 1 fully saturated rings. The van der Waals surface area contributed by atoms with E-state index in [9.17, 15) is 9.90 Å². The molecule has 1 aliphatic heterocycles. The number of benzene rings is 3. The molecule has 5 rings (SSSR count). The Morgan fingerprint density at radius 3 is 2.08 bits per heavy atom. The van der Waals surface area contributed by atoms with Crippen LogP contribution in [0.1, 0.15) is 48.6 Å². The van der Waals surface area contributed by atoms with Crippen LogP contribution in [0.3, 0.4) is 0 Å². The summed E-state index contributed by atoms with van der Waals surface area (Å²) < 4.78 is 6.87. The van der Waals surface area contributed by atoms with Crippen LogP contribution in [0.4, 0.5) is 0 Å². The van der Waals surface area contributed by atoms with E-state index in [1.54, 1.807) is 0 Å². The summed E-state index contributed by atoms with van der Waals surface area (Å²) >= 11 is 0. The zero-order valence-electron chi connectivity index (χ0n) is 23.0. The molecular formula is C34H37N3O3. The topological polar surface area (TPSA) is 67.6 Å². The van der Waals surface area contributed by atoms with Crippen molar-refractivity contribution in [3.05, 3.63) is 131 Å². The minimum Gasteiger partial charge on any atom is -0.466 e. The third-order valence-electron chi connectivity index (χ3n) is 7.59. The number of aliphatic hydroxyl groups is 1. The second-order valence-corrected chi connectivity index (χ2v) is 10.2. The number of piperidine rings is 1. The summed E-state index contributed by atoms with van der Waals surface area (Å²) in [6.45, 7) is 4.18. The van der Waals surface area contributed by atoms with Gasteiger partial charge in [-0.25, -0.2) is 0 Å². The normalized spacial score (nSPS) is 17.1. The van der Waals surface area contributed by atoms with Gasteiger partial charge in [0.15, 0.2) is 0 Å². The van der Waals surface area contributed by atoms with E-state index in [2.05, 4.69) is 95.9 Å². The van der Waals surface area contributed by atoms with Gasteiger partial charge in [-0.05, 0) is 54.2 Å². The van der Waals surface area contributed by atoms with Gasteiger partial charge in [-0.2, -0.15) is 5.10 Å². The Balaban J connectivity index is 1.48. The number of rotatable bonds is 10. The Labute approximate surface area is 236 Å². The van der Waals surface area contributed by atoms with Gasteiger partial charge >= 0.3 is 5.97 Å². The summed E-state index contributed by atoms with van der Waals surface area (Å²) in [6, 6.07) is 33.9. The highest BCUT2D eigenvalue weighted by Gasteiger charge is 2.44. The van der Waals surface area contributed by atoms with E-state index >= 15 is 0 Å². The lowest BCUT2D eigenvalue weighted by Crippen LogP contribution is -2.52. The van der Waals surface area contributed by atoms with Crippen molar-refractivity contribution in [1.82, 2.24) is 14.7 Å². The van der Waals surface area contributed by atoms with Gasteiger partial charge in [0.2, 0.25) is 0 Å². The van der Waals surface area contributed by atoms with E-state index in [0.717, 1.165) is 17.8 Å². The zero-order chi connectivity index (χ0) is 27.8. The number of hydrogen-bond acceptors (Lipinski definition) is 5. The molecule has 0 bridgehead atoms. The van der Waals surface area contributed by atoms with Crippen LogP contribution in [0.25, 0.3) is 6.08 Å². The number of nitrogens with zero attached hydrogens (tertiary/aromatic N) is 3. The van der Waals surface area contributed by atoms with E-state index in [0.29, 0.717) is 39.0 Å². The first-order valence-electron chi connectivity index (χ1n) is 14.1. The number of esters is 1. The maximum absolute atomic E-state index is 11.7. The third kappa shape index (κ3) is 5.93. The number of ether oxygens (including phenoxy) is 1. The third-order valence-corrected chi connectivity index (χ3v) is 7.59. The van der Waals surface area contributed by atoms with E-state index in [4.69, 9.17) is 9.84 Å². The predicted octanol–water partition coefficient (Wildman–Crippen LogP) is 5.67. The fraction of sp³-hybridized carbons (Fsp3) is 0.294. The first kappa shape index (κ1) is 27.6. The van der Waals surface area contributed by atoms with Gasteiger partial charge in [0.25, 0.3) is 0 Å². The number of aliphatic hydroxyl groups excluding tert-OH is 1. The number of hydrogen-bond donors (Lipinski definition) is 1. The highest BCUT2D eigenvalue weighted by atomic mass is 16.5. The van der Waals surface area contributed by atoms with Crippen molar-refractivity contribution < 1.29 is 14.6 Å². The molecule has 0 spiro atoms. The molecule has 0 amide bonds. The van der Waals surface area contributed by atoms with Crippen LogP contribution in [-0.4, -0.2) is 51.6 Å². The maximum atomic E-state index is 11.7. The number of carbonyl (C=O) groups excluding carboxylic acids is 1. The lowest BCUT2D eigenvalue weighted by molar-refractivity contribution is -0.143. The van der Waals surface area contributed by atoms with Crippen LogP contribution < -0.4 is 0 Å². The Morgan fingerprint density at radius 1 is 0.950 bits per heavy atom. The Morgan fingerprint density at radius 2 is 1.52 bits per heavy atom. The minimum atomic E-state index is -0.537. The summed E-state index contributed by atoms with van der Waals surface area (Å²) in [5.41, 5.74) is 4.78. The first-order chi connectivity index (χ1) is 19.6. The molecule has 1 saturated heterocycles. The molecule has 1 unspecified atom stereocenters. The molecule has 1 aromatic heterocycles. The molecule has 4 aromatic rings. The fourth-order valence-electron chi connectivity index (χ4n) is 5.77. The van der Waals surface area contributed by atoms with Crippen molar-refractivity contribution in [2.24, 2.45) is 0 Å². The van der Waals surface area contributed by atoms with Crippen molar-refractivity contribution in [2.75, 3.05) is 19.7 Å². The van der Waals surface area contributed by atoms with Crippen molar-refractivity contribution in [2.45, 2.75) is 44.4 Å². The van der Waals surface area contributed by atoms with Gasteiger partial charge < -0.3 is 9.84 Å². The maximum Gasteiger partial charge on any atom is 0.305 e. The molecule has 6 nitrogen and oxygen atoms in total. The minimum absolute atomic E-state index is 0.179. The average Bonchev–Trinajstić information content (AvgIpc) is 3.44. The smallest absolute Gasteiger partial charge is 0.305 e. The van der Waals surface area contributed by atoms with E-state index in [1.807, 2.05) is 29.9 Å². The molecule has 2 heterocycles. The van der Waals surface area contributed by atoms with Gasteiger partial charge in [-0.1, -0.05) is 91.0 Å². The predicted molar refractivity (Wildman–Crippen MR) is 157 cm³/mol. The van der Waals surface area contributed by atoms with Crippen LogP contribution in [-0.2, 0) is 21.6 Å². The van der Waals surface area contributed by atoms with Crippen LogP contribution in [0, 0.1) is 0 Å². The molecule has 6 heteroatoms. The molecule has 0 radical (unpaired) electrons. The van der Waals surface area contributed by atoms with Gasteiger partial charge in [0.05, 0.1) is 23.9 Å². The fourth-order valence-corrected chi connectivity index (χ4v) is 5.77. The van der Waals surface area contributed by atoms with Crippen molar-refractivity contribution in [1.29, 1.82) is 0 Å². The lowest BCUT2D eigenvalue weighted by atomic mass is 9.74. The summed E-state index contributed by atoms with van der Waals surface area (Å²) in [5.74, 6) is -0.179. The van der Waals surface area contributed by atoms with Crippen molar-refractivity contribution in [3.63, 3.8) is 0 Å². The quantitative estimate of drug-likeness (QED) is 0.209. The standard InChI is InChI=1S/C34H37N3O3/c1-2-40-33(39)19-12-22-37-24-20-31(35-37)25-27-26-36(23-21-32(27)38)34(28-13-6-3-7-14-28,29-15-8-4-9-16-29)30-17-10-5-11-18-30/h3-11,13-18,20,24-25,32,38H,2,12,19,21-23,26H2,1H3/b27-25-. The van der Waals surface area contributed by atoms with Gasteiger partial charge in [0, 0.05) is 32.3 Å². The van der Waals surface area contributed by atoms with Crippen LogP contribution in [0.2, 0.25) is 0 Å². The molecule has 40 heavy (non-hydrogen) atoms. The highest BCUT2D eigenvalue weighted by Crippen LogP contribution is 2.44. The van der Waals surface area contributed by atoms with E-state index in [1.165, 1.54) is 16.7 Å². The average molecular weight is 536 g/mol. The molecule has 3 aromatic carbocycles. The lowest BCUT2D eigenvalue weighted by Gasteiger charge is -2.48. The SMILES string of the molecule is CCOC(=O)CCCn1ccc(/C=C2/CN(C(c3ccccc3)(c3ccccc3)c3ccccc3)CCC2O)n1. The second kappa shape index (κ2) is 12.9. The van der Waals surface area contributed by atoms with Gasteiger partial charge in [-0.15, -0.1) is 0 Å². The van der Waals surface area contributed by atoms with E-state index in [-0.39, 0.29) is 5.97 Å². The summed E-state index contributed by atoms with van der Waals surface area (Å²) in [7, 11) is 0. The molecular weight excluding hydrogens is 498 g/mol. The van der Waals surface area contributed by atoms with Crippen molar-refractivity contribution in [3.8, 4) is 0 Å². The van der Waals surface area contributed by atoms with Gasteiger partial charge in [-0.3, -0.25) is 14.4 Å². The Kier molecular flexibility index (Phi) is 8.89. The number of carbonyl (C=O) groups is 1. The number of likely N-dealkylation sites (tertiary alicyclic amines) is 1. The summed E-state index contributed by atoms with van der Waals surface area (Å²) in [5, 5.41) is 15.8. The number of aromatic nitrogens is 2. The van der Waals surface area contributed by atoms with Crippen molar-refractivity contribution >= 4 is 12.0 Å². The molecule has 0 aliphatic carbocycles. The number of aryl methyl sites for hydroxylation is 1.